The lowest BCUT2D eigenvalue weighted by Crippen LogP contribution is -2.25. The molecule has 0 saturated heterocycles. The lowest BCUT2D eigenvalue weighted by molar-refractivity contribution is 0.214. The Morgan fingerprint density at radius 1 is 1.42 bits per heavy atom. The van der Waals surface area contributed by atoms with E-state index in [1.807, 2.05) is 16.5 Å². The fourth-order valence-electron chi connectivity index (χ4n) is 1.87. The molecule has 0 spiro atoms. The molecule has 19 heavy (non-hydrogen) atoms. The molecule has 1 aromatic rings. The van der Waals surface area contributed by atoms with Gasteiger partial charge < -0.3 is 14.8 Å². The third kappa shape index (κ3) is 5.04. The monoisotopic (exact) mass is 268 g/mol. The van der Waals surface area contributed by atoms with Crippen LogP contribution in [-0.2, 0) is 13.1 Å². The smallest absolute Gasteiger partial charge is 0.223 e. The zero-order valence-electron chi connectivity index (χ0n) is 12.0. The Labute approximate surface area is 114 Å². The van der Waals surface area contributed by atoms with E-state index in [0.29, 0.717) is 19.0 Å². The predicted molar refractivity (Wildman–Crippen MR) is 75.2 cm³/mol. The third-order valence-electron chi connectivity index (χ3n) is 3.06. The number of aryl methyl sites for hydroxylation is 1. The van der Waals surface area contributed by atoms with Crippen molar-refractivity contribution in [1.29, 1.82) is 0 Å². The molecule has 0 fully saturated rings. The van der Waals surface area contributed by atoms with E-state index in [0.717, 1.165) is 18.7 Å². The van der Waals surface area contributed by atoms with Crippen LogP contribution in [-0.4, -0.2) is 39.9 Å². The topological polar surface area (TPSA) is 65.7 Å². The minimum atomic E-state index is -0.354. The zero-order chi connectivity index (χ0) is 14.4. The minimum absolute atomic E-state index is 0.0881. The van der Waals surface area contributed by atoms with E-state index in [-0.39, 0.29) is 17.8 Å². The number of aliphatic hydroxyl groups excluding tert-OH is 1. The lowest BCUT2D eigenvalue weighted by atomic mass is 10.1. The quantitative estimate of drug-likeness (QED) is 0.775. The summed E-state index contributed by atoms with van der Waals surface area (Å²) in [6.45, 7) is 6.27. The number of aromatic nitrogens is 1. The largest absolute Gasteiger partial charge is 0.503 e. The fraction of sp³-hybridized carbons (Fsp3) is 0.643. The first-order valence-corrected chi connectivity index (χ1v) is 6.65. The zero-order valence-corrected chi connectivity index (χ0v) is 12.0. The van der Waals surface area contributed by atoms with E-state index in [9.17, 15) is 9.90 Å². The van der Waals surface area contributed by atoms with Gasteiger partial charge in [0.1, 0.15) is 0 Å². The summed E-state index contributed by atoms with van der Waals surface area (Å²) in [4.78, 5) is 13.5. The number of nitrogens with zero attached hydrogens (tertiary/aromatic N) is 2. The summed E-state index contributed by atoms with van der Waals surface area (Å²) < 4.78 is 1.92. The number of hydrogen-bond acceptors (Lipinski definition) is 4. The molecule has 5 heteroatoms. The van der Waals surface area contributed by atoms with Crippen LogP contribution in [0.5, 0.6) is 5.75 Å². The lowest BCUT2D eigenvalue weighted by Gasteiger charge is -2.20. The van der Waals surface area contributed by atoms with E-state index in [4.69, 9.17) is 5.11 Å². The van der Waals surface area contributed by atoms with Crippen LogP contribution in [0.2, 0.25) is 0 Å². The molecule has 0 aliphatic heterocycles. The van der Waals surface area contributed by atoms with Crippen LogP contribution < -0.4 is 5.43 Å². The van der Waals surface area contributed by atoms with Crippen molar-refractivity contribution in [2.75, 3.05) is 20.2 Å². The SMILES string of the molecule is CC(C)CCn1cc(O)c(=O)cc1CN(C)CCO. The number of aliphatic hydroxyl groups is 1. The molecule has 108 valence electrons. The maximum absolute atomic E-state index is 11.5. The van der Waals surface area contributed by atoms with Gasteiger partial charge in [0.25, 0.3) is 0 Å². The highest BCUT2D eigenvalue weighted by atomic mass is 16.3. The molecule has 0 saturated carbocycles. The van der Waals surface area contributed by atoms with Crippen molar-refractivity contribution < 1.29 is 10.2 Å². The molecule has 2 N–H and O–H groups in total. The maximum Gasteiger partial charge on any atom is 0.223 e. The van der Waals surface area contributed by atoms with E-state index >= 15 is 0 Å². The van der Waals surface area contributed by atoms with Crippen molar-refractivity contribution in [3.05, 3.63) is 28.2 Å². The summed E-state index contributed by atoms with van der Waals surface area (Å²) in [7, 11) is 1.89. The minimum Gasteiger partial charge on any atom is -0.503 e. The highest BCUT2D eigenvalue weighted by molar-refractivity contribution is 5.20. The number of aromatic hydroxyl groups is 1. The van der Waals surface area contributed by atoms with Gasteiger partial charge in [-0.2, -0.15) is 0 Å². The van der Waals surface area contributed by atoms with Crippen molar-refractivity contribution >= 4 is 0 Å². The van der Waals surface area contributed by atoms with Gasteiger partial charge in [-0.05, 0) is 19.4 Å². The van der Waals surface area contributed by atoms with Gasteiger partial charge in [-0.25, -0.2) is 0 Å². The van der Waals surface area contributed by atoms with Gasteiger partial charge in [0.2, 0.25) is 5.43 Å². The van der Waals surface area contributed by atoms with Crippen LogP contribution in [0.1, 0.15) is 26.0 Å². The summed E-state index contributed by atoms with van der Waals surface area (Å²) in [6.07, 6.45) is 2.49. The molecule has 0 amide bonds. The van der Waals surface area contributed by atoms with Crippen molar-refractivity contribution in [1.82, 2.24) is 9.47 Å². The number of hydrogen-bond donors (Lipinski definition) is 2. The van der Waals surface area contributed by atoms with Gasteiger partial charge in [-0.1, -0.05) is 13.8 Å². The Balaban J connectivity index is 2.92. The highest BCUT2D eigenvalue weighted by Crippen LogP contribution is 2.11. The van der Waals surface area contributed by atoms with E-state index in [1.54, 1.807) is 0 Å². The van der Waals surface area contributed by atoms with E-state index in [2.05, 4.69) is 13.8 Å². The summed E-state index contributed by atoms with van der Waals surface area (Å²) in [6, 6.07) is 1.48. The van der Waals surface area contributed by atoms with Gasteiger partial charge >= 0.3 is 0 Å². The molecule has 0 atom stereocenters. The Bertz CT molecular complexity index is 454. The molecular formula is C14H24N2O3. The van der Waals surface area contributed by atoms with Crippen molar-refractivity contribution in [2.45, 2.75) is 33.4 Å². The van der Waals surface area contributed by atoms with Crippen molar-refractivity contribution in [3.63, 3.8) is 0 Å². The Morgan fingerprint density at radius 3 is 2.68 bits per heavy atom. The van der Waals surface area contributed by atoms with Crippen molar-refractivity contribution in [3.8, 4) is 5.75 Å². The molecule has 0 bridgehead atoms. The molecule has 0 radical (unpaired) electrons. The van der Waals surface area contributed by atoms with E-state index in [1.165, 1.54) is 12.3 Å². The van der Waals surface area contributed by atoms with Crippen LogP contribution in [0.3, 0.4) is 0 Å². The molecule has 1 aromatic heterocycles. The molecular weight excluding hydrogens is 244 g/mol. The van der Waals surface area contributed by atoms with Gasteiger partial charge in [0, 0.05) is 31.4 Å². The second-order valence-electron chi connectivity index (χ2n) is 5.35. The van der Waals surface area contributed by atoms with Gasteiger partial charge in [0.05, 0.1) is 12.8 Å². The summed E-state index contributed by atoms with van der Waals surface area (Å²) in [5.41, 5.74) is 0.507. The molecule has 0 unspecified atom stereocenters. The van der Waals surface area contributed by atoms with Crippen molar-refractivity contribution in [2.24, 2.45) is 5.92 Å². The fourth-order valence-corrected chi connectivity index (χ4v) is 1.87. The molecule has 1 heterocycles. The second kappa shape index (κ2) is 7.31. The first-order valence-electron chi connectivity index (χ1n) is 6.65. The number of pyridine rings is 1. The Kier molecular flexibility index (Phi) is 6.05. The molecule has 1 rings (SSSR count). The second-order valence-corrected chi connectivity index (χ2v) is 5.35. The maximum atomic E-state index is 11.5. The molecule has 5 nitrogen and oxygen atoms in total. The van der Waals surface area contributed by atoms with Crippen LogP contribution in [0.25, 0.3) is 0 Å². The summed E-state index contributed by atoms with van der Waals surface area (Å²) in [5.74, 6) is 0.349. The number of likely N-dealkylation sites (N-methyl/N-ethyl adjacent to an activating group) is 1. The summed E-state index contributed by atoms with van der Waals surface area (Å²) in [5, 5.41) is 18.4. The first kappa shape index (κ1) is 15.7. The van der Waals surface area contributed by atoms with Gasteiger partial charge in [-0.3, -0.25) is 9.69 Å². The van der Waals surface area contributed by atoms with E-state index < -0.39 is 0 Å². The molecule has 0 aliphatic carbocycles. The first-order chi connectivity index (χ1) is 8.93. The van der Waals surface area contributed by atoms with Gasteiger partial charge in [-0.15, -0.1) is 0 Å². The highest BCUT2D eigenvalue weighted by Gasteiger charge is 2.09. The molecule has 0 aromatic carbocycles. The van der Waals surface area contributed by atoms with Crippen LogP contribution in [0.15, 0.2) is 17.1 Å². The van der Waals surface area contributed by atoms with Crippen LogP contribution >= 0.6 is 0 Å². The number of rotatable bonds is 7. The third-order valence-corrected chi connectivity index (χ3v) is 3.06. The van der Waals surface area contributed by atoms with Crippen LogP contribution in [0.4, 0.5) is 0 Å². The Morgan fingerprint density at radius 2 is 2.11 bits per heavy atom. The predicted octanol–water partition coefficient (Wildman–Crippen LogP) is 1.02. The van der Waals surface area contributed by atoms with Crippen LogP contribution in [0, 0.1) is 5.92 Å². The standard InChI is InChI=1S/C14H24N2O3/c1-11(2)4-5-16-10-14(19)13(18)8-12(16)9-15(3)6-7-17/h8,10-11,17,19H,4-7,9H2,1-3H3. The average molecular weight is 268 g/mol. The summed E-state index contributed by atoms with van der Waals surface area (Å²) >= 11 is 0. The Hall–Kier alpha value is -1.33. The average Bonchev–Trinajstić information content (AvgIpc) is 2.32. The normalized spacial score (nSPS) is 11.5. The molecule has 0 aliphatic rings. The van der Waals surface area contributed by atoms with Gasteiger partial charge in [0.15, 0.2) is 5.75 Å².